The number of nitrogens with zero attached hydrogens (tertiary/aromatic N) is 2. The summed E-state index contributed by atoms with van der Waals surface area (Å²) in [6, 6.07) is 9.28. The number of nitrogens with one attached hydrogen (secondary N) is 1. The first-order chi connectivity index (χ1) is 10.4. The lowest BCUT2D eigenvalue weighted by Gasteiger charge is -2.18. The molecule has 0 aliphatic heterocycles. The van der Waals surface area contributed by atoms with E-state index < -0.39 is 0 Å². The van der Waals surface area contributed by atoms with Gasteiger partial charge in [-0.2, -0.15) is 0 Å². The second-order valence-electron chi connectivity index (χ2n) is 5.80. The molecule has 21 heavy (non-hydrogen) atoms. The van der Waals surface area contributed by atoms with Crippen LogP contribution in [-0.4, -0.2) is 16.5 Å². The summed E-state index contributed by atoms with van der Waals surface area (Å²) in [6.07, 6.45) is 9.38. The molecule has 0 saturated carbocycles. The van der Waals surface area contributed by atoms with Crippen LogP contribution in [0.2, 0.25) is 0 Å². The number of aromatic nitrogens is 2. The first-order valence-corrected chi connectivity index (χ1v) is 7.97. The molecule has 1 unspecified atom stereocenters. The Balaban J connectivity index is 1.77. The molecule has 0 amide bonds. The predicted molar refractivity (Wildman–Crippen MR) is 85.2 cm³/mol. The molecule has 1 aromatic carbocycles. The van der Waals surface area contributed by atoms with E-state index >= 15 is 0 Å². The summed E-state index contributed by atoms with van der Waals surface area (Å²) in [4.78, 5) is 8.45. The minimum atomic E-state index is 0.271. The SMILES string of the molecule is CCCNC(Cc1ccc2c(c1)CCC2)c1ccncn1. The maximum atomic E-state index is 4.43. The molecule has 3 rings (SSSR count). The van der Waals surface area contributed by atoms with Gasteiger partial charge in [0.2, 0.25) is 0 Å². The van der Waals surface area contributed by atoms with Gasteiger partial charge in [-0.1, -0.05) is 25.1 Å². The third-order valence-electron chi connectivity index (χ3n) is 4.21. The van der Waals surface area contributed by atoms with Crippen LogP contribution in [0.3, 0.4) is 0 Å². The largest absolute Gasteiger partial charge is 0.308 e. The highest BCUT2D eigenvalue weighted by Gasteiger charge is 2.15. The van der Waals surface area contributed by atoms with Gasteiger partial charge in [-0.3, -0.25) is 0 Å². The van der Waals surface area contributed by atoms with Crippen molar-refractivity contribution < 1.29 is 0 Å². The van der Waals surface area contributed by atoms with Crippen LogP contribution in [0.25, 0.3) is 0 Å². The standard InChI is InChI=1S/C18H23N3/c1-2-9-20-18(17-8-10-19-13-21-17)12-14-6-7-15-4-3-5-16(15)11-14/h6-8,10-11,13,18,20H,2-5,9,12H2,1H3. The number of fused-ring (bicyclic) bond motifs is 1. The Bertz CT molecular complexity index is 580. The fraction of sp³-hybridized carbons (Fsp3) is 0.444. The van der Waals surface area contributed by atoms with Crippen LogP contribution in [0.1, 0.15) is 48.2 Å². The van der Waals surface area contributed by atoms with Crippen molar-refractivity contribution >= 4 is 0 Å². The number of benzene rings is 1. The van der Waals surface area contributed by atoms with E-state index in [2.05, 4.69) is 40.4 Å². The van der Waals surface area contributed by atoms with Crippen molar-refractivity contribution in [2.24, 2.45) is 0 Å². The molecule has 110 valence electrons. The molecule has 1 atom stereocenters. The Morgan fingerprint density at radius 1 is 1.19 bits per heavy atom. The summed E-state index contributed by atoms with van der Waals surface area (Å²) < 4.78 is 0. The van der Waals surface area contributed by atoms with Gasteiger partial charge in [-0.05, 0) is 61.4 Å². The smallest absolute Gasteiger partial charge is 0.115 e. The summed E-state index contributed by atoms with van der Waals surface area (Å²) in [5.74, 6) is 0. The van der Waals surface area contributed by atoms with Crippen LogP contribution >= 0.6 is 0 Å². The maximum absolute atomic E-state index is 4.43. The van der Waals surface area contributed by atoms with Gasteiger partial charge >= 0.3 is 0 Å². The average molecular weight is 281 g/mol. The maximum Gasteiger partial charge on any atom is 0.115 e. The number of hydrogen-bond donors (Lipinski definition) is 1. The van der Waals surface area contributed by atoms with Crippen LogP contribution in [0.4, 0.5) is 0 Å². The van der Waals surface area contributed by atoms with Crippen molar-refractivity contribution in [3.63, 3.8) is 0 Å². The third kappa shape index (κ3) is 3.48. The summed E-state index contributed by atoms with van der Waals surface area (Å²) in [6.45, 7) is 3.21. The Hall–Kier alpha value is -1.74. The third-order valence-corrected chi connectivity index (χ3v) is 4.21. The Kier molecular flexibility index (Phi) is 4.61. The van der Waals surface area contributed by atoms with Crippen LogP contribution in [0.15, 0.2) is 36.8 Å². The van der Waals surface area contributed by atoms with Crippen molar-refractivity contribution in [2.75, 3.05) is 6.54 Å². The molecule has 1 heterocycles. The van der Waals surface area contributed by atoms with E-state index in [0.717, 1.165) is 25.1 Å². The van der Waals surface area contributed by atoms with E-state index in [1.54, 1.807) is 17.5 Å². The fourth-order valence-electron chi connectivity index (χ4n) is 3.09. The first kappa shape index (κ1) is 14.2. The molecule has 0 saturated heterocycles. The Labute approximate surface area is 126 Å². The molecular formula is C18H23N3. The average Bonchev–Trinajstić information content (AvgIpc) is 3.00. The Morgan fingerprint density at radius 3 is 2.90 bits per heavy atom. The van der Waals surface area contributed by atoms with Gasteiger partial charge in [-0.15, -0.1) is 0 Å². The summed E-state index contributed by atoms with van der Waals surface area (Å²) in [5, 5.41) is 3.61. The quantitative estimate of drug-likeness (QED) is 0.883. The highest BCUT2D eigenvalue weighted by atomic mass is 14.9. The zero-order valence-corrected chi connectivity index (χ0v) is 12.7. The van der Waals surface area contributed by atoms with Crippen molar-refractivity contribution in [1.29, 1.82) is 0 Å². The van der Waals surface area contributed by atoms with Gasteiger partial charge in [0.05, 0.1) is 11.7 Å². The number of rotatable bonds is 6. The van der Waals surface area contributed by atoms with Crippen molar-refractivity contribution in [2.45, 2.75) is 45.1 Å². The zero-order valence-electron chi connectivity index (χ0n) is 12.7. The highest BCUT2D eigenvalue weighted by Crippen LogP contribution is 2.25. The normalized spacial score (nSPS) is 14.9. The molecule has 3 nitrogen and oxygen atoms in total. The van der Waals surface area contributed by atoms with Crippen molar-refractivity contribution in [3.05, 3.63) is 59.2 Å². The van der Waals surface area contributed by atoms with Gasteiger partial charge in [0.1, 0.15) is 6.33 Å². The van der Waals surface area contributed by atoms with Gasteiger partial charge < -0.3 is 5.32 Å². The predicted octanol–water partition coefficient (Wildman–Crippen LogP) is 3.25. The molecule has 0 spiro atoms. The van der Waals surface area contributed by atoms with Crippen LogP contribution < -0.4 is 5.32 Å². The minimum absolute atomic E-state index is 0.271. The molecule has 1 aliphatic carbocycles. The van der Waals surface area contributed by atoms with Crippen molar-refractivity contribution in [1.82, 2.24) is 15.3 Å². The summed E-state index contributed by atoms with van der Waals surface area (Å²) in [5.41, 5.74) is 5.57. The summed E-state index contributed by atoms with van der Waals surface area (Å²) in [7, 11) is 0. The topological polar surface area (TPSA) is 37.8 Å². The zero-order chi connectivity index (χ0) is 14.5. The number of aryl methyl sites for hydroxylation is 2. The molecule has 1 aromatic heterocycles. The second kappa shape index (κ2) is 6.81. The summed E-state index contributed by atoms with van der Waals surface area (Å²) >= 11 is 0. The lowest BCUT2D eigenvalue weighted by Crippen LogP contribution is -2.25. The van der Waals surface area contributed by atoms with Gasteiger partial charge in [0.15, 0.2) is 0 Å². The van der Waals surface area contributed by atoms with E-state index in [1.165, 1.54) is 24.8 Å². The molecule has 1 N–H and O–H groups in total. The van der Waals surface area contributed by atoms with E-state index in [0.29, 0.717) is 0 Å². The second-order valence-corrected chi connectivity index (χ2v) is 5.80. The molecule has 0 fully saturated rings. The van der Waals surface area contributed by atoms with Crippen LogP contribution in [0, 0.1) is 0 Å². The van der Waals surface area contributed by atoms with Gasteiger partial charge in [0, 0.05) is 6.20 Å². The van der Waals surface area contributed by atoms with Gasteiger partial charge in [-0.25, -0.2) is 9.97 Å². The lowest BCUT2D eigenvalue weighted by molar-refractivity contribution is 0.516. The molecule has 1 aliphatic rings. The van der Waals surface area contributed by atoms with E-state index in [1.807, 2.05) is 12.3 Å². The highest BCUT2D eigenvalue weighted by molar-refractivity contribution is 5.36. The molecule has 0 radical (unpaired) electrons. The Morgan fingerprint density at radius 2 is 2.10 bits per heavy atom. The molecular weight excluding hydrogens is 258 g/mol. The van der Waals surface area contributed by atoms with Crippen LogP contribution in [-0.2, 0) is 19.3 Å². The molecule has 3 heteroatoms. The monoisotopic (exact) mass is 281 g/mol. The molecule has 2 aromatic rings. The fourth-order valence-corrected chi connectivity index (χ4v) is 3.09. The van der Waals surface area contributed by atoms with E-state index in [9.17, 15) is 0 Å². The minimum Gasteiger partial charge on any atom is -0.308 e. The molecule has 0 bridgehead atoms. The lowest BCUT2D eigenvalue weighted by atomic mass is 9.99. The van der Waals surface area contributed by atoms with Gasteiger partial charge in [0.25, 0.3) is 0 Å². The first-order valence-electron chi connectivity index (χ1n) is 7.97. The van der Waals surface area contributed by atoms with Crippen molar-refractivity contribution in [3.8, 4) is 0 Å². The van der Waals surface area contributed by atoms with E-state index in [4.69, 9.17) is 0 Å². The van der Waals surface area contributed by atoms with Crippen LogP contribution in [0.5, 0.6) is 0 Å². The van der Waals surface area contributed by atoms with E-state index in [-0.39, 0.29) is 6.04 Å². The number of hydrogen-bond acceptors (Lipinski definition) is 3.